The summed E-state index contributed by atoms with van der Waals surface area (Å²) in [7, 11) is 0. The van der Waals surface area contributed by atoms with E-state index in [0.717, 1.165) is 5.56 Å². The molecule has 9 heteroatoms. The summed E-state index contributed by atoms with van der Waals surface area (Å²) in [6, 6.07) is 13.1. The van der Waals surface area contributed by atoms with Crippen LogP contribution in [0, 0.1) is 10.1 Å². The van der Waals surface area contributed by atoms with E-state index in [2.05, 4.69) is 10.6 Å². The molecule has 0 aromatic heterocycles. The summed E-state index contributed by atoms with van der Waals surface area (Å²) in [5.74, 6) is -0.797. The van der Waals surface area contributed by atoms with E-state index in [-0.39, 0.29) is 12.3 Å². The van der Waals surface area contributed by atoms with Crippen LogP contribution in [-0.2, 0) is 19.7 Å². The minimum absolute atomic E-state index is 0.0118. The molecule has 1 aliphatic carbocycles. The van der Waals surface area contributed by atoms with Crippen molar-refractivity contribution in [2.24, 2.45) is 0 Å². The van der Waals surface area contributed by atoms with Gasteiger partial charge in [-0.25, -0.2) is 0 Å². The molecular formula is C20H20ClN3O5. The summed E-state index contributed by atoms with van der Waals surface area (Å²) in [5.41, 5.74) is 0.898. The van der Waals surface area contributed by atoms with Crippen LogP contribution in [0.15, 0.2) is 48.5 Å². The number of nitrogens with one attached hydrogen (secondary N) is 2. The number of amides is 1. The van der Waals surface area contributed by atoms with E-state index in [9.17, 15) is 19.7 Å². The number of nitro benzene ring substituents is 1. The van der Waals surface area contributed by atoms with Gasteiger partial charge in [0, 0.05) is 35.9 Å². The second kappa shape index (κ2) is 8.91. The molecule has 0 saturated heterocycles. The van der Waals surface area contributed by atoms with Crippen LogP contribution in [-0.4, -0.2) is 36.5 Å². The monoisotopic (exact) mass is 417 g/mol. The predicted molar refractivity (Wildman–Crippen MR) is 108 cm³/mol. The highest BCUT2D eigenvalue weighted by Gasteiger charge is 2.52. The Morgan fingerprint density at radius 2 is 1.72 bits per heavy atom. The third-order valence-corrected chi connectivity index (χ3v) is 4.98. The SMILES string of the molecule is O=C(COC(=O)C1(c2ccc(Cl)cc2)CC1)NCCNc1ccc([N+](=O)[O-])cc1. The number of carbonyl (C=O) groups excluding carboxylic acids is 2. The van der Waals surface area contributed by atoms with Crippen molar-refractivity contribution in [3.05, 3.63) is 69.2 Å². The molecule has 1 fully saturated rings. The molecule has 29 heavy (non-hydrogen) atoms. The summed E-state index contributed by atoms with van der Waals surface area (Å²) in [5, 5.41) is 16.9. The number of esters is 1. The van der Waals surface area contributed by atoms with Crippen molar-refractivity contribution in [1.82, 2.24) is 5.32 Å². The minimum Gasteiger partial charge on any atom is -0.455 e. The molecule has 1 aliphatic rings. The first-order valence-corrected chi connectivity index (χ1v) is 9.47. The number of hydrogen-bond donors (Lipinski definition) is 2. The third-order valence-electron chi connectivity index (χ3n) is 4.73. The molecule has 1 saturated carbocycles. The van der Waals surface area contributed by atoms with Crippen molar-refractivity contribution in [3.63, 3.8) is 0 Å². The van der Waals surface area contributed by atoms with E-state index >= 15 is 0 Å². The van der Waals surface area contributed by atoms with E-state index < -0.39 is 22.2 Å². The highest BCUT2D eigenvalue weighted by molar-refractivity contribution is 6.30. The zero-order valence-electron chi connectivity index (χ0n) is 15.5. The standard InChI is InChI=1S/C20H20ClN3O5/c21-15-3-1-14(2-4-15)20(9-10-20)19(26)29-13-18(25)23-12-11-22-16-5-7-17(8-6-16)24(27)28/h1-8,22H,9-13H2,(H,23,25). The number of nitro groups is 1. The van der Waals surface area contributed by atoms with Crippen molar-refractivity contribution >= 4 is 34.9 Å². The Labute approximate surface area is 172 Å². The number of rotatable bonds is 9. The van der Waals surface area contributed by atoms with E-state index in [1.807, 2.05) is 0 Å². The first-order chi connectivity index (χ1) is 13.9. The fourth-order valence-corrected chi connectivity index (χ4v) is 3.06. The molecule has 0 heterocycles. The Balaban J connectivity index is 1.37. The van der Waals surface area contributed by atoms with Crippen molar-refractivity contribution in [3.8, 4) is 0 Å². The Morgan fingerprint density at radius 3 is 2.31 bits per heavy atom. The van der Waals surface area contributed by atoms with Crippen LogP contribution in [0.2, 0.25) is 5.02 Å². The number of halogens is 1. The molecule has 152 valence electrons. The first-order valence-electron chi connectivity index (χ1n) is 9.09. The molecule has 2 N–H and O–H groups in total. The molecule has 0 atom stereocenters. The predicted octanol–water partition coefficient (Wildman–Crippen LogP) is 3.05. The van der Waals surface area contributed by atoms with Gasteiger partial charge < -0.3 is 15.4 Å². The Morgan fingerprint density at radius 1 is 1.07 bits per heavy atom. The smallest absolute Gasteiger partial charge is 0.317 e. The van der Waals surface area contributed by atoms with Crippen molar-refractivity contribution in [1.29, 1.82) is 0 Å². The Bertz CT molecular complexity index is 895. The summed E-state index contributed by atoms with van der Waals surface area (Å²) in [6.07, 6.45) is 1.38. The molecule has 0 radical (unpaired) electrons. The highest BCUT2D eigenvalue weighted by Crippen LogP contribution is 2.49. The van der Waals surface area contributed by atoms with E-state index in [0.29, 0.717) is 36.6 Å². The quantitative estimate of drug-likeness (QED) is 0.281. The summed E-state index contributed by atoms with van der Waals surface area (Å²) in [4.78, 5) is 34.5. The van der Waals surface area contributed by atoms with Gasteiger partial charge in [-0.1, -0.05) is 23.7 Å². The maximum absolute atomic E-state index is 12.4. The third kappa shape index (κ3) is 5.23. The van der Waals surface area contributed by atoms with Crippen molar-refractivity contribution in [2.45, 2.75) is 18.3 Å². The average molecular weight is 418 g/mol. The number of carbonyl (C=O) groups is 2. The van der Waals surface area contributed by atoms with Crippen molar-refractivity contribution in [2.75, 3.05) is 25.0 Å². The maximum atomic E-state index is 12.4. The van der Waals surface area contributed by atoms with Crippen LogP contribution in [0.25, 0.3) is 0 Å². The lowest BCUT2D eigenvalue weighted by molar-refractivity contribution is -0.384. The van der Waals surface area contributed by atoms with Crippen LogP contribution in [0.4, 0.5) is 11.4 Å². The number of ether oxygens (including phenoxy) is 1. The molecule has 0 unspecified atom stereocenters. The molecule has 3 rings (SSSR count). The maximum Gasteiger partial charge on any atom is 0.317 e. The largest absolute Gasteiger partial charge is 0.455 e. The van der Waals surface area contributed by atoms with Crippen LogP contribution >= 0.6 is 11.6 Å². The fraction of sp³-hybridized carbons (Fsp3) is 0.300. The van der Waals surface area contributed by atoms with Gasteiger partial charge in [-0.15, -0.1) is 0 Å². The van der Waals surface area contributed by atoms with E-state index in [1.54, 1.807) is 36.4 Å². The van der Waals surface area contributed by atoms with Crippen LogP contribution in [0.3, 0.4) is 0 Å². The van der Waals surface area contributed by atoms with Gasteiger partial charge >= 0.3 is 5.97 Å². The molecule has 2 aromatic rings. The number of non-ortho nitro benzene ring substituents is 1. The van der Waals surface area contributed by atoms with Gasteiger partial charge in [0.2, 0.25) is 0 Å². The zero-order valence-corrected chi connectivity index (χ0v) is 16.3. The van der Waals surface area contributed by atoms with Gasteiger partial charge in [-0.2, -0.15) is 0 Å². The highest BCUT2D eigenvalue weighted by atomic mass is 35.5. The van der Waals surface area contributed by atoms with Gasteiger partial charge in [-0.05, 0) is 42.7 Å². The zero-order chi connectivity index (χ0) is 20.9. The lowest BCUT2D eigenvalue weighted by atomic mass is 9.96. The molecule has 1 amide bonds. The van der Waals surface area contributed by atoms with Crippen molar-refractivity contribution < 1.29 is 19.2 Å². The van der Waals surface area contributed by atoms with Gasteiger partial charge in [0.15, 0.2) is 6.61 Å². The van der Waals surface area contributed by atoms with E-state index in [1.165, 1.54) is 12.1 Å². The number of hydrogen-bond acceptors (Lipinski definition) is 6. The summed E-state index contributed by atoms with van der Waals surface area (Å²) in [6.45, 7) is 0.396. The Kier molecular flexibility index (Phi) is 6.33. The molecule has 0 bridgehead atoms. The normalized spacial score (nSPS) is 14.0. The lowest BCUT2D eigenvalue weighted by Crippen LogP contribution is -2.34. The first kappa shape index (κ1) is 20.6. The minimum atomic E-state index is -0.664. The molecule has 0 aliphatic heterocycles. The Hall–Kier alpha value is -3.13. The lowest BCUT2D eigenvalue weighted by Gasteiger charge is -2.15. The van der Waals surface area contributed by atoms with Gasteiger partial charge in [0.25, 0.3) is 11.6 Å². The van der Waals surface area contributed by atoms with Crippen LogP contribution < -0.4 is 10.6 Å². The second-order valence-corrected chi connectivity index (χ2v) is 7.18. The molecule has 8 nitrogen and oxygen atoms in total. The van der Waals surface area contributed by atoms with Crippen LogP contribution in [0.1, 0.15) is 18.4 Å². The number of nitrogens with zero attached hydrogens (tertiary/aromatic N) is 1. The second-order valence-electron chi connectivity index (χ2n) is 6.75. The van der Waals surface area contributed by atoms with Crippen LogP contribution in [0.5, 0.6) is 0 Å². The molecule has 0 spiro atoms. The molecular weight excluding hydrogens is 398 g/mol. The number of benzene rings is 2. The summed E-state index contributed by atoms with van der Waals surface area (Å²) >= 11 is 5.88. The number of anilines is 1. The van der Waals surface area contributed by atoms with Gasteiger partial charge in [-0.3, -0.25) is 19.7 Å². The fourth-order valence-electron chi connectivity index (χ4n) is 2.93. The van der Waals surface area contributed by atoms with Gasteiger partial charge in [0.1, 0.15) is 0 Å². The average Bonchev–Trinajstić information content (AvgIpc) is 3.52. The topological polar surface area (TPSA) is 111 Å². The van der Waals surface area contributed by atoms with Gasteiger partial charge in [0.05, 0.1) is 10.3 Å². The summed E-state index contributed by atoms with van der Waals surface area (Å²) < 4.78 is 5.20. The molecule has 2 aromatic carbocycles. The van der Waals surface area contributed by atoms with E-state index in [4.69, 9.17) is 16.3 Å².